The highest BCUT2D eigenvalue weighted by Gasteiger charge is 2.21. The van der Waals surface area contributed by atoms with Crippen molar-refractivity contribution in [3.63, 3.8) is 0 Å². The molecule has 7 nitrogen and oxygen atoms in total. The summed E-state index contributed by atoms with van der Waals surface area (Å²) in [4.78, 5) is 16.0. The van der Waals surface area contributed by atoms with Gasteiger partial charge in [0.25, 0.3) is 0 Å². The molecule has 35 heavy (non-hydrogen) atoms. The zero-order chi connectivity index (χ0) is 25.3. The highest BCUT2D eigenvalue weighted by Crippen LogP contribution is 2.40. The van der Waals surface area contributed by atoms with Gasteiger partial charge in [0, 0.05) is 17.1 Å². The van der Waals surface area contributed by atoms with Crippen LogP contribution < -0.4 is 4.31 Å². The normalized spacial score (nSPS) is 12.2. The molecule has 0 amide bonds. The van der Waals surface area contributed by atoms with Crippen LogP contribution in [0.25, 0.3) is 22.0 Å². The second kappa shape index (κ2) is 9.29. The Balaban J connectivity index is 1.98. The van der Waals surface area contributed by atoms with Crippen LogP contribution in [0.1, 0.15) is 42.3 Å². The molecule has 1 atom stereocenters. The first kappa shape index (κ1) is 24.1. The zero-order valence-electron chi connectivity index (χ0n) is 19.4. The molecule has 0 aliphatic heterocycles. The fourth-order valence-electron chi connectivity index (χ4n) is 3.98. The summed E-state index contributed by atoms with van der Waals surface area (Å²) in [6.07, 6.45) is 1.50. The molecule has 4 rings (SSSR count). The van der Waals surface area contributed by atoms with Gasteiger partial charge in [0.2, 0.25) is 0 Å². The summed E-state index contributed by atoms with van der Waals surface area (Å²) in [7, 11) is 0. The number of carboxylic acid groups (broad SMARTS) is 1. The van der Waals surface area contributed by atoms with Crippen LogP contribution in [0.3, 0.4) is 0 Å². The van der Waals surface area contributed by atoms with Crippen LogP contribution in [-0.4, -0.2) is 24.8 Å². The molecule has 1 N–H and O–H groups in total. The number of hydrogen-bond acceptors (Lipinski definition) is 5. The molecule has 0 fully saturated rings. The average molecular weight is 485 g/mol. The predicted octanol–water partition coefficient (Wildman–Crippen LogP) is 5.70. The van der Waals surface area contributed by atoms with E-state index in [1.54, 1.807) is 48.5 Å². The average Bonchev–Trinajstić information content (AvgIpc) is 2.83. The molecule has 0 aliphatic rings. The van der Waals surface area contributed by atoms with Gasteiger partial charge in [-0.15, -0.1) is 0 Å². The van der Waals surface area contributed by atoms with E-state index < -0.39 is 17.2 Å². The van der Waals surface area contributed by atoms with Crippen LogP contribution in [-0.2, 0) is 16.7 Å². The fraction of sp³-hybridized carbons (Fsp3) is 0.148. The lowest BCUT2D eigenvalue weighted by molar-refractivity contribution is 0.0699. The van der Waals surface area contributed by atoms with Gasteiger partial charge in [-0.1, -0.05) is 45.0 Å². The van der Waals surface area contributed by atoms with E-state index in [-0.39, 0.29) is 16.5 Å². The maximum absolute atomic E-state index is 12.5. The standard InChI is InChI=1S/C27H23N3O4S/c1-27(2,3)18-7-9-19(10-8-18)30(35(33)34)24-13-6-17(16-28)15-23(24)20-11-12-22(26(31)32)25-21(20)5-4-14-29-25/h4-15H,1-3H3,(H,31,32)(H,33,34)/p-1. The zero-order valence-corrected chi connectivity index (χ0v) is 20.2. The van der Waals surface area contributed by atoms with Gasteiger partial charge in [0.1, 0.15) is 0 Å². The Morgan fingerprint density at radius 2 is 1.77 bits per heavy atom. The third-order valence-corrected chi connectivity index (χ3v) is 6.46. The summed E-state index contributed by atoms with van der Waals surface area (Å²) in [5.41, 5.74) is 3.38. The summed E-state index contributed by atoms with van der Waals surface area (Å²) in [5.74, 6) is -1.12. The Kier molecular flexibility index (Phi) is 6.39. The Labute approximate surface area is 205 Å². The molecule has 3 aromatic carbocycles. The largest absolute Gasteiger partial charge is 0.755 e. The topological polar surface area (TPSA) is 117 Å². The van der Waals surface area contributed by atoms with E-state index in [9.17, 15) is 23.9 Å². The summed E-state index contributed by atoms with van der Waals surface area (Å²) < 4.78 is 26.2. The monoisotopic (exact) mass is 484 g/mol. The Hall–Kier alpha value is -4.06. The molecule has 176 valence electrons. The van der Waals surface area contributed by atoms with Gasteiger partial charge in [-0.2, -0.15) is 5.26 Å². The number of rotatable bonds is 5. The molecule has 8 heteroatoms. The number of pyridine rings is 1. The minimum Gasteiger partial charge on any atom is -0.755 e. The van der Waals surface area contributed by atoms with E-state index in [2.05, 4.69) is 31.8 Å². The lowest BCUT2D eigenvalue weighted by atomic mass is 9.87. The number of fused-ring (bicyclic) bond motifs is 1. The van der Waals surface area contributed by atoms with Crippen molar-refractivity contribution in [2.45, 2.75) is 26.2 Å². The quantitative estimate of drug-likeness (QED) is 0.363. The predicted molar refractivity (Wildman–Crippen MR) is 135 cm³/mol. The van der Waals surface area contributed by atoms with Gasteiger partial charge >= 0.3 is 5.97 Å². The van der Waals surface area contributed by atoms with E-state index in [0.29, 0.717) is 33.5 Å². The summed E-state index contributed by atoms with van der Waals surface area (Å²) in [6.45, 7) is 6.22. The first-order valence-corrected chi connectivity index (χ1v) is 11.8. The maximum atomic E-state index is 12.5. The maximum Gasteiger partial charge on any atom is 0.337 e. The van der Waals surface area contributed by atoms with Crippen molar-refractivity contribution in [3.05, 3.63) is 89.6 Å². The molecule has 0 spiro atoms. The van der Waals surface area contributed by atoms with Gasteiger partial charge in [0.15, 0.2) is 0 Å². The van der Waals surface area contributed by atoms with Crippen molar-refractivity contribution >= 4 is 39.5 Å². The number of aromatic carboxylic acids is 1. The number of carboxylic acids is 1. The number of benzene rings is 3. The van der Waals surface area contributed by atoms with Crippen LogP contribution in [0.15, 0.2) is 72.9 Å². The number of aromatic nitrogens is 1. The highest BCUT2D eigenvalue weighted by molar-refractivity contribution is 7.81. The first-order valence-electron chi connectivity index (χ1n) is 10.8. The SMILES string of the molecule is CC(C)(C)c1ccc(N(c2ccc(C#N)cc2-c2ccc(C(=O)O)c3ncccc23)S(=O)[O-])cc1. The number of carbonyl (C=O) groups is 1. The number of nitrogens with zero attached hydrogens (tertiary/aromatic N) is 3. The van der Waals surface area contributed by atoms with Gasteiger partial charge in [-0.25, -0.2) is 4.79 Å². The van der Waals surface area contributed by atoms with E-state index in [0.717, 1.165) is 9.87 Å². The van der Waals surface area contributed by atoms with Crippen LogP contribution in [0.5, 0.6) is 0 Å². The smallest absolute Gasteiger partial charge is 0.337 e. The van der Waals surface area contributed by atoms with Crippen LogP contribution in [0, 0.1) is 11.3 Å². The Morgan fingerprint density at radius 1 is 1.06 bits per heavy atom. The minimum absolute atomic E-state index is 0.0318. The van der Waals surface area contributed by atoms with Crippen molar-refractivity contribution in [3.8, 4) is 17.2 Å². The third-order valence-electron chi connectivity index (χ3n) is 5.75. The molecule has 0 aliphatic carbocycles. The Bertz CT molecular complexity index is 1500. The van der Waals surface area contributed by atoms with Crippen molar-refractivity contribution in [1.29, 1.82) is 5.26 Å². The van der Waals surface area contributed by atoms with Crippen LogP contribution >= 0.6 is 0 Å². The van der Waals surface area contributed by atoms with Crippen molar-refractivity contribution in [1.82, 2.24) is 4.98 Å². The molecule has 1 unspecified atom stereocenters. The molecule has 1 aromatic heterocycles. The van der Waals surface area contributed by atoms with E-state index in [1.165, 1.54) is 12.3 Å². The second-order valence-electron chi connectivity index (χ2n) is 9.02. The van der Waals surface area contributed by atoms with E-state index in [1.807, 2.05) is 12.1 Å². The number of hydrogen-bond donors (Lipinski definition) is 1. The van der Waals surface area contributed by atoms with Crippen molar-refractivity contribution in [2.24, 2.45) is 0 Å². The molecule has 0 radical (unpaired) electrons. The number of anilines is 2. The molecular formula is C27H22N3O4S-. The van der Waals surface area contributed by atoms with Crippen LogP contribution in [0.4, 0.5) is 11.4 Å². The van der Waals surface area contributed by atoms with Crippen molar-refractivity contribution in [2.75, 3.05) is 4.31 Å². The molecular weight excluding hydrogens is 462 g/mol. The van der Waals surface area contributed by atoms with Gasteiger partial charge in [0.05, 0.1) is 45.4 Å². The first-order chi connectivity index (χ1) is 16.6. The molecule has 0 bridgehead atoms. The summed E-state index contributed by atoms with van der Waals surface area (Å²) >= 11 is -2.68. The van der Waals surface area contributed by atoms with E-state index in [4.69, 9.17) is 0 Å². The van der Waals surface area contributed by atoms with Crippen LogP contribution in [0.2, 0.25) is 0 Å². The Morgan fingerprint density at radius 3 is 2.37 bits per heavy atom. The van der Waals surface area contributed by atoms with Gasteiger partial charge in [-0.05, 0) is 59.0 Å². The van der Waals surface area contributed by atoms with Gasteiger partial charge in [-0.3, -0.25) is 13.5 Å². The van der Waals surface area contributed by atoms with Gasteiger partial charge < -0.3 is 9.66 Å². The summed E-state index contributed by atoms with van der Waals surface area (Å²) in [5, 5.41) is 19.7. The fourth-order valence-corrected chi connectivity index (χ4v) is 4.59. The lowest BCUT2D eigenvalue weighted by Gasteiger charge is -2.30. The molecule has 4 aromatic rings. The second-order valence-corrected chi connectivity index (χ2v) is 9.82. The number of nitriles is 1. The molecule has 0 saturated carbocycles. The van der Waals surface area contributed by atoms with E-state index >= 15 is 0 Å². The third kappa shape index (κ3) is 4.64. The molecule has 1 heterocycles. The minimum atomic E-state index is -2.68. The summed E-state index contributed by atoms with van der Waals surface area (Å²) in [6, 6.07) is 20.5. The van der Waals surface area contributed by atoms with Crippen molar-refractivity contribution < 1.29 is 18.7 Å². The highest BCUT2D eigenvalue weighted by atomic mass is 32.2. The lowest BCUT2D eigenvalue weighted by Crippen LogP contribution is -2.21. The molecule has 0 saturated heterocycles.